The van der Waals surface area contributed by atoms with Crippen molar-refractivity contribution in [2.45, 2.75) is 43.5 Å². The van der Waals surface area contributed by atoms with Crippen molar-refractivity contribution in [3.63, 3.8) is 0 Å². The Morgan fingerprint density at radius 3 is 2.83 bits per heavy atom. The number of nitrogens with one attached hydrogen (secondary N) is 1. The van der Waals surface area contributed by atoms with Crippen LogP contribution in [-0.4, -0.2) is 47.6 Å². The van der Waals surface area contributed by atoms with Crippen LogP contribution in [0.25, 0.3) is 11.2 Å². The number of nitrogens with zero attached hydrogens (tertiary/aromatic N) is 4. The number of aromatic amines is 1. The normalized spacial score (nSPS) is 25.1. The van der Waals surface area contributed by atoms with Crippen LogP contribution in [0.3, 0.4) is 0 Å². The fraction of sp³-hybridized carbons (Fsp3) is 0.688. The van der Waals surface area contributed by atoms with Crippen molar-refractivity contribution >= 4 is 22.9 Å². The number of hydrogen-bond acceptors (Lipinski definition) is 5. The van der Waals surface area contributed by atoms with Crippen LogP contribution in [0.4, 0.5) is 0 Å². The Balaban J connectivity index is 1.67. The molecule has 2 aromatic rings. The summed E-state index contributed by atoms with van der Waals surface area (Å²) in [4.78, 5) is 34.6. The van der Waals surface area contributed by atoms with E-state index in [0.717, 1.165) is 27.9 Å². The summed E-state index contributed by atoms with van der Waals surface area (Å²) < 4.78 is 2.56. The molecule has 0 amide bonds. The third kappa shape index (κ3) is 2.52. The lowest BCUT2D eigenvalue weighted by molar-refractivity contribution is 0.152. The minimum atomic E-state index is -0.340. The summed E-state index contributed by atoms with van der Waals surface area (Å²) in [5.74, 6) is 1.93. The maximum atomic E-state index is 12.3. The van der Waals surface area contributed by atoms with Crippen LogP contribution in [0.1, 0.15) is 31.5 Å². The third-order valence-electron chi connectivity index (χ3n) is 5.34. The number of fused-ring (bicyclic) bond motifs is 2. The molecule has 2 aromatic heterocycles. The molecule has 2 aliphatic rings. The zero-order valence-corrected chi connectivity index (χ0v) is 14.9. The smallest absolute Gasteiger partial charge is 0.332 e. The van der Waals surface area contributed by atoms with E-state index in [0.29, 0.717) is 23.8 Å². The van der Waals surface area contributed by atoms with Crippen LogP contribution in [0, 0.1) is 0 Å². The van der Waals surface area contributed by atoms with E-state index in [1.165, 1.54) is 37.3 Å². The molecule has 1 aliphatic heterocycles. The molecule has 0 spiro atoms. The summed E-state index contributed by atoms with van der Waals surface area (Å²) in [6, 6.07) is 0.609. The van der Waals surface area contributed by atoms with E-state index in [1.54, 1.807) is 7.05 Å². The molecule has 1 saturated heterocycles. The molecule has 4 rings (SSSR count). The van der Waals surface area contributed by atoms with Gasteiger partial charge in [0.1, 0.15) is 11.3 Å². The van der Waals surface area contributed by atoms with Crippen LogP contribution < -0.4 is 11.2 Å². The maximum Gasteiger partial charge on any atom is 0.332 e. The molecular weight excluding hydrogens is 326 g/mol. The van der Waals surface area contributed by atoms with E-state index in [9.17, 15) is 9.59 Å². The van der Waals surface area contributed by atoms with E-state index in [1.807, 2.05) is 0 Å². The average Bonchev–Trinajstić information content (AvgIpc) is 3.02. The SMILES string of the molecule is Cn1c(=O)c2[nH]c(CN3CCS[C@@H]4CCCC[C@@H]43)nc2n(C)c1=O. The second-order valence-electron chi connectivity index (χ2n) is 6.82. The summed E-state index contributed by atoms with van der Waals surface area (Å²) in [5.41, 5.74) is 0.217. The van der Waals surface area contributed by atoms with Gasteiger partial charge in [0.2, 0.25) is 0 Å². The van der Waals surface area contributed by atoms with Crippen LogP contribution in [0.5, 0.6) is 0 Å². The number of aromatic nitrogens is 4. The Labute approximate surface area is 144 Å². The second-order valence-corrected chi connectivity index (χ2v) is 8.17. The summed E-state index contributed by atoms with van der Waals surface area (Å²) in [7, 11) is 3.16. The number of aryl methyl sites for hydroxylation is 1. The molecule has 0 bridgehead atoms. The molecule has 0 radical (unpaired) electrons. The van der Waals surface area contributed by atoms with Crippen molar-refractivity contribution in [2.75, 3.05) is 12.3 Å². The van der Waals surface area contributed by atoms with Crippen LogP contribution >= 0.6 is 11.8 Å². The Bertz CT molecular complexity index is 881. The first kappa shape index (κ1) is 16.0. The standard InChI is InChI=1S/C16H23N5O2S/c1-19-14-13(15(22)20(2)16(19)23)17-12(18-14)9-21-7-8-24-11-6-4-3-5-10(11)21/h10-11H,3-9H2,1-2H3,(H,17,18)/t10-,11+/m0/s1. The Kier molecular flexibility index (Phi) is 4.04. The molecule has 0 aromatic carbocycles. The summed E-state index contributed by atoms with van der Waals surface area (Å²) in [5, 5.41) is 0.731. The summed E-state index contributed by atoms with van der Waals surface area (Å²) in [6.07, 6.45) is 5.19. The van der Waals surface area contributed by atoms with Crippen molar-refractivity contribution in [2.24, 2.45) is 14.1 Å². The zero-order chi connectivity index (χ0) is 16.8. The Morgan fingerprint density at radius 1 is 1.21 bits per heavy atom. The predicted octanol–water partition coefficient (Wildman–Crippen LogP) is 0.820. The molecule has 1 aliphatic carbocycles. The van der Waals surface area contributed by atoms with Crippen molar-refractivity contribution in [1.82, 2.24) is 24.0 Å². The molecule has 0 unspecified atom stereocenters. The van der Waals surface area contributed by atoms with Gasteiger partial charge in [-0.1, -0.05) is 12.8 Å². The molecule has 1 N–H and O–H groups in total. The lowest BCUT2D eigenvalue weighted by Crippen LogP contribution is -2.48. The lowest BCUT2D eigenvalue weighted by Gasteiger charge is -2.43. The highest BCUT2D eigenvalue weighted by atomic mass is 32.2. The average molecular weight is 349 g/mol. The molecule has 8 heteroatoms. The van der Waals surface area contributed by atoms with E-state index >= 15 is 0 Å². The zero-order valence-electron chi connectivity index (χ0n) is 14.1. The monoisotopic (exact) mass is 349 g/mol. The maximum absolute atomic E-state index is 12.3. The van der Waals surface area contributed by atoms with E-state index in [2.05, 4.69) is 26.6 Å². The fourth-order valence-electron chi connectivity index (χ4n) is 4.01. The summed E-state index contributed by atoms with van der Waals surface area (Å²) in [6.45, 7) is 1.77. The minimum absolute atomic E-state index is 0.309. The van der Waals surface area contributed by atoms with Gasteiger partial charge in [0, 0.05) is 37.7 Å². The predicted molar refractivity (Wildman–Crippen MR) is 95.5 cm³/mol. The van der Waals surface area contributed by atoms with Gasteiger partial charge in [-0.2, -0.15) is 11.8 Å². The minimum Gasteiger partial charge on any atom is -0.335 e. The van der Waals surface area contributed by atoms with Gasteiger partial charge in [0.15, 0.2) is 5.65 Å². The third-order valence-corrected chi connectivity index (χ3v) is 6.74. The highest BCUT2D eigenvalue weighted by Crippen LogP contribution is 2.36. The van der Waals surface area contributed by atoms with Gasteiger partial charge in [-0.15, -0.1) is 0 Å². The van der Waals surface area contributed by atoms with E-state index in [-0.39, 0.29) is 11.2 Å². The molecular formula is C16H23N5O2S. The molecule has 24 heavy (non-hydrogen) atoms. The molecule has 7 nitrogen and oxygen atoms in total. The number of hydrogen-bond donors (Lipinski definition) is 1. The van der Waals surface area contributed by atoms with Gasteiger partial charge in [-0.05, 0) is 12.8 Å². The molecule has 1 saturated carbocycles. The first-order chi connectivity index (χ1) is 11.6. The van der Waals surface area contributed by atoms with Gasteiger partial charge >= 0.3 is 5.69 Å². The van der Waals surface area contributed by atoms with Crippen LogP contribution in [0.15, 0.2) is 9.59 Å². The fourth-order valence-corrected chi connectivity index (χ4v) is 5.52. The second kappa shape index (κ2) is 6.07. The first-order valence-corrected chi connectivity index (χ1v) is 9.61. The Morgan fingerprint density at radius 2 is 2.00 bits per heavy atom. The lowest BCUT2D eigenvalue weighted by atomic mass is 9.93. The van der Waals surface area contributed by atoms with Gasteiger partial charge < -0.3 is 4.98 Å². The van der Waals surface area contributed by atoms with Crippen molar-refractivity contribution in [1.29, 1.82) is 0 Å². The Hall–Kier alpha value is -1.54. The van der Waals surface area contributed by atoms with Crippen molar-refractivity contribution < 1.29 is 0 Å². The number of imidazole rings is 1. The van der Waals surface area contributed by atoms with Crippen LogP contribution in [-0.2, 0) is 20.6 Å². The van der Waals surface area contributed by atoms with Gasteiger partial charge in [0.25, 0.3) is 5.56 Å². The molecule has 130 valence electrons. The summed E-state index contributed by atoms with van der Waals surface area (Å²) >= 11 is 2.10. The first-order valence-electron chi connectivity index (χ1n) is 8.56. The molecule has 3 heterocycles. The number of thioether (sulfide) groups is 1. The number of H-pyrrole nitrogens is 1. The topological polar surface area (TPSA) is 75.9 Å². The largest absolute Gasteiger partial charge is 0.335 e. The van der Waals surface area contributed by atoms with E-state index in [4.69, 9.17) is 0 Å². The van der Waals surface area contributed by atoms with Gasteiger partial charge in [-0.3, -0.25) is 18.8 Å². The van der Waals surface area contributed by atoms with Gasteiger partial charge in [0.05, 0.1) is 6.54 Å². The highest BCUT2D eigenvalue weighted by Gasteiger charge is 2.34. The van der Waals surface area contributed by atoms with Crippen molar-refractivity contribution in [3.8, 4) is 0 Å². The highest BCUT2D eigenvalue weighted by molar-refractivity contribution is 8.00. The molecule has 2 atom stereocenters. The number of rotatable bonds is 2. The van der Waals surface area contributed by atoms with E-state index < -0.39 is 0 Å². The van der Waals surface area contributed by atoms with Crippen LogP contribution in [0.2, 0.25) is 0 Å². The molecule has 2 fully saturated rings. The van der Waals surface area contributed by atoms with Crippen molar-refractivity contribution in [3.05, 3.63) is 26.7 Å². The van der Waals surface area contributed by atoms with Gasteiger partial charge in [-0.25, -0.2) is 9.78 Å². The quantitative estimate of drug-likeness (QED) is 0.869.